The minimum atomic E-state index is -0.920. The number of rotatable bonds is 4. The number of carboxylic acids is 1. The van der Waals surface area contributed by atoms with E-state index in [0.29, 0.717) is 37.4 Å². The lowest BCUT2D eigenvalue weighted by Crippen LogP contribution is -2.46. The van der Waals surface area contributed by atoms with Crippen molar-refractivity contribution < 1.29 is 23.8 Å². The van der Waals surface area contributed by atoms with E-state index in [9.17, 15) is 9.59 Å². The van der Waals surface area contributed by atoms with Gasteiger partial charge in [-0.05, 0) is 6.07 Å². The normalized spacial score (nSPS) is 19.4. The monoisotopic (exact) mass is 267 g/mol. The van der Waals surface area contributed by atoms with Crippen molar-refractivity contribution in [3.8, 4) is 0 Å². The van der Waals surface area contributed by atoms with Crippen molar-refractivity contribution in [3.63, 3.8) is 0 Å². The van der Waals surface area contributed by atoms with Crippen LogP contribution in [0.5, 0.6) is 0 Å². The fourth-order valence-corrected chi connectivity index (χ4v) is 2.20. The molecule has 0 spiro atoms. The molecule has 1 aromatic heterocycles. The lowest BCUT2D eigenvalue weighted by atomic mass is 10.1. The van der Waals surface area contributed by atoms with Crippen LogP contribution in [0.25, 0.3) is 0 Å². The van der Waals surface area contributed by atoms with Crippen molar-refractivity contribution in [2.24, 2.45) is 0 Å². The number of hydrogen-bond acceptors (Lipinski definition) is 4. The Morgan fingerprint density at radius 2 is 2.32 bits per heavy atom. The summed E-state index contributed by atoms with van der Waals surface area (Å²) in [4.78, 5) is 24.6. The summed E-state index contributed by atoms with van der Waals surface area (Å²) < 4.78 is 10.6. The van der Waals surface area contributed by atoms with Crippen molar-refractivity contribution in [2.75, 3.05) is 19.7 Å². The Morgan fingerprint density at radius 3 is 3.00 bits per heavy atom. The number of furan rings is 1. The van der Waals surface area contributed by atoms with Crippen LogP contribution in [0.2, 0.25) is 0 Å². The van der Waals surface area contributed by atoms with Gasteiger partial charge in [0.15, 0.2) is 0 Å². The molecule has 1 aliphatic rings. The number of carbonyl (C=O) groups excluding carboxylic acids is 1. The van der Waals surface area contributed by atoms with Gasteiger partial charge in [-0.1, -0.05) is 6.92 Å². The summed E-state index contributed by atoms with van der Waals surface area (Å²) in [5.41, 5.74) is 0.554. The molecule has 1 amide bonds. The molecule has 1 aromatic rings. The summed E-state index contributed by atoms with van der Waals surface area (Å²) in [6.45, 7) is 3.06. The molecule has 6 nitrogen and oxygen atoms in total. The Balaban J connectivity index is 2.05. The standard InChI is InChI=1S/C13H17NO5/c1-2-11-10(3-5-19-11)13(17)14-4-6-18-9(8-14)7-12(15)16/h3,5,9H,2,4,6-8H2,1H3,(H,15,16). The van der Waals surface area contributed by atoms with E-state index < -0.39 is 12.1 Å². The van der Waals surface area contributed by atoms with Crippen LogP contribution in [0, 0.1) is 0 Å². The van der Waals surface area contributed by atoms with Crippen LogP contribution in [-0.4, -0.2) is 47.7 Å². The molecule has 6 heteroatoms. The van der Waals surface area contributed by atoms with Gasteiger partial charge in [-0.2, -0.15) is 0 Å². The minimum absolute atomic E-state index is 0.0875. The smallest absolute Gasteiger partial charge is 0.306 e. The number of hydrogen-bond donors (Lipinski definition) is 1. The SMILES string of the molecule is CCc1occc1C(=O)N1CCOC(CC(=O)O)C1. The number of aliphatic carboxylic acids is 1. The first-order valence-corrected chi connectivity index (χ1v) is 6.30. The van der Waals surface area contributed by atoms with Crippen LogP contribution in [-0.2, 0) is 16.0 Å². The van der Waals surface area contributed by atoms with E-state index in [1.54, 1.807) is 11.0 Å². The van der Waals surface area contributed by atoms with Gasteiger partial charge in [-0.15, -0.1) is 0 Å². The third kappa shape index (κ3) is 3.14. The van der Waals surface area contributed by atoms with Crippen molar-refractivity contribution in [3.05, 3.63) is 23.7 Å². The Labute approximate surface area is 110 Å². The highest BCUT2D eigenvalue weighted by Gasteiger charge is 2.28. The Hall–Kier alpha value is -1.82. The zero-order chi connectivity index (χ0) is 13.8. The van der Waals surface area contributed by atoms with Gasteiger partial charge >= 0.3 is 5.97 Å². The maximum atomic E-state index is 12.3. The maximum absolute atomic E-state index is 12.3. The molecule has 0 radical (unpaired) electrons. The lowest BCUT2D eigenvalue weighted by molar-refractivity contribution is -0.141. The zero-order valence-corrected chi connectivity index (χ0v) is 10.8. The van der Waals surface area contributed by atoms with Gasteiger partial charge in [0.2, 0.25) is 0 Å². The Morgan fingerprint density at radius 1 is 1.53 bits per heavy atom. The van der Waals surface area contributed by atoms with Crippen LogP contribution in [0.3, 0.4) is 0 Å². The van der Waals surface area contributed by atoms with Crippen LogP contribution in [0.1, 0.15) is 29.5 Å². The molecule has 19 heavy (non-hydrogen) atoms. The Kier molecular flexibility index (Phi) is 4.21. The van der Waals surface area contributed by atoms with E-state index in [1.165, 1.54) is 6.26 Å². The lowest BCUT2D eigenvalue weighted by Gasteiger charge is -2.32. The predicted octanol–water partition coefficient (Wildman–Crippen LogP) is 1.16. The number of carboxylic acid groups (broad SMARTS) is 1. The Bertz CT molecular complexity index is 467. The molecule has 1 aliphatic heterocycles. The van der Waals surface area contributed by atoms with Gasteiger partial charge in [0.25, 0.3) is 5.91 Å². The van der Waals surface area contributed by atoms with Crippen molar-refractivity contribution in [2.45, 2.75) is 25.9 Å². The van der Waals surface area contributed by atoms with Crippen molar-refractivity contribution >= 4 is 11.9 Å². The third-order valence-corrected chi connectivity index (χ3v) is 3.13. The number of nitrogens with zero attached hydrogens (tertiary/aromatic N) is 1. The molecule has 2 heterocycles. The molecule has 1 unspecified atom stereocenters. The number of carbonyl (C=O) groups is 2. The molecular weight excluding hydrogens is 250 g/mol. The average Bonchev–Trinajstić information content (AvgIpc) is 2.85. The topological polar surface area (TPSA) is 80.0 Å². The van der Waals surface area contributed by atoms with E-state index in [0.717, 1.165) is 0 Å². The van der Waals surface area contributed by atoms with Gasteiger partial charge in [0.1, 0.15) is 5.76 Å². The second kappa shape index (κ2) is 5.88. The highest BCUT2D eigenvalue weighted by atomic mass is 16.5. The summed E-state index contributed by atoms with van der Waals surface area (Å²) in [6.07, 6.45) is 1.63. The van der Waals surface area contributed by atoms with Gasteiger partial charge in [-0.25, -0.2) is 0 Å². The molecule has 0 saturated carbocycles. The molecule has 0 aliphatic carbocycles. The van der Waals surface area contributed by atoms with Gasteiger partial charge in [0, 0.05) is 19.5 Å². The molecule has 104 valence electrons. The first kappa shape index (κ1) is 13.6. The number of amides is 1. The number of morpholine rings is 1. The summed E-state index contributed by atoms with van der Waals surface area (Å²) in [5, 5.41) is 8.76. The van der Waals surface area contributed by atoms with Crippen LogP contribution in [0.4, 0.5) is 0 Å². The molecule has 1 atom stereocenters. The largest absolute Gasteiger partial charge is 0.481 e. The molecule has 0 aromatic carbocycles. The third-order valence-electron chi connectivity index (χ3n) is 3.13. The molecular formula is C13H17NO5. The van der Waals surface area contributed by atoms with Crippen LogP contribution in [0.15, 0.2) is 16.7 Å². The van der Waals surface area contributed by atoms with Crippen LogP contribution < -0.4 is 0 Å². The average molecular weight is 267 g/mol. The predicted molar refractivity (Wildman–Crippen MR) is 66.0 cm³/mol. The fourth-order valence-electron chi connectivity index (χ4n) is 2.20. The zero-order valence-electron chi connectivity index (χ0n) is 10.8. The van der Waals surface area contributed by atoms with Gasteiger partial charge < -0.3 is 19.2 Å². The molecule has 0 bridgehead atoms. The summed E-state index contributed by atoms with van der Waals surface area (Å²) in [5.74, 6) is -0.382. The van der Waals surface area contributed by atoms with Crippen molar-refractivity contribution in [1.82, 2.24) is 4.90 Å². The van der Waals surface area contributed by atoms with E-state index in [2.05, 4.69) is 0 Å². The highest BCUT2D eigenvalue weighted by molar-refractivity contribution is 5.95. The highest BCUT2D eigenvalue weighted by Crippen LogP contribution is 2.17. The van der Waals surface area contributed by atoms with E-state index >= 15 is 0 Å². The second-order valence-electron chi connectivity index (χ2n) is 4.45. The molecule has 1 saturated heterocycles. The van der Waals surface area contributed by atoms with E-state index in [-0.39, 0.29) is 12.3 Å². The summed E-state index contributed by atoms with van der Waals surface area (Å²) in [7, 11) is 0. The second-order valence-corrected chi connectivity index (χ2v) is 4.45. The fraction of sp³-hybridized carbons (Fsp3) is 0.538. The number of aryl methyl sites for hydroxylation is 1. The molecule has 1 fully saturated rings. The van der Waals surface area contributed by atoms with E-state index in [4.69, 9.17) is 14.3 Å². The van der Waals surface area contributed by atoms with Crippen molar-refractivity contribution in [1.29, 1.82) is 0 Å². The molecule has 1 N–H and O–H groups in total. The first-order valence-electron chi connectivity index (χ1n) is 6.30. The summed E-state index contributed by atoms with van der Waals surface area (Å²) >= 11 is 0. The van der Waals surface area contributed by atoms with Crippen LogP contribution >= 0.6 is 0 Å². The first-order chi connectivity index (χ1) is 9.11. The van der Waals surface area contributed by atoms with E-state index in [1.807, 2.05) is 6.92 Å². The quantitative estimate of drug-likeness (QED) is 0.885. The summed E-state index contributed by atoms with van der Waals surface area (Å²) in [6, 6.07) is 1.66. The maximum Gasteiger partial charge on any atom is 0.306 e. The molecule has 2 rings (SSSR count). The minimum Gasteiger partial charge on any atom is -0.481 e. The van der Waals surface area contributed by atoms with Gasteiger partial charge in [0.05, 0.1) is 31.0 Å². The number of ether oxygens (including phenoxy) is 1. The van der Waals surface area contributed by atoms with Gasteiger partial charge in [-0.3, -0.25) is 9.59 Å².